The van der Waals surface area contributed by atoms with Crippen molar-refractivity contribution >= 4 is 11.8 Å². The smallest absolute Gasteiger partial charge is 0.143 e. The van der Waals surface area contributed by atoms with E-state index in [1.807, 2.05) is 30.0 Å². The lowest BCUT2D eigenvalue weighted by atomic mass is 9.80. The van der Waals surface area contributed by atoms with E-state index in [9.17, 15) is 5.11 Å². The normalized spacial score (nSPS) is 12.5. The Morgan fingerprint density at radius 3 is 1.46 bits per heavy atom. The molecule has 0 radical (unpaired) electrons. The van der Waals surface area contributed by atoms with Gasteiger partial charge in [0.15, 0.2) is 0 Å². The molecule has 0 saturated carbocycles. The first-order chi connectivity index (χ1) is 18.3. The average molecular weight is 519 g/mol. The van der Waals surface area contributed by atoms with E-state index in [2.05, 4.69) is 79.7 Å². The Balaban J connectivity index is 1.50. The molecule has 0 aromatic heterocycles. The Labute approximate surface area is 229 Å². The molecule has 0 saturated heterocycles. The van der Waals surface area contributed by atoms with E-state index in [4.69, 9.17) is 4.74 Å². The van der Waals surface area contributed by atoms with Gasteiger partial charge in [-0.3, -0.25) is 0 Å². The molecule has 2 nitrogen and oxygen atoms in total. The van der Waals surface area contributed by atoms with Crippen LogP contribution < -0.4 is 0 Å². The number of hydrogen-bond acceptors (Lipinski definition) is 3. The minimum Gasteiger partial charge on any atom is -0.390 e. The Bertz CT molecular complexity index is 849. The lowest BCUT2D eigenvalue weighted by Crippen LogP contribution is -2.36. The third-order valence-electron chi connectivity index (χ3n) is 6.99. The fourth-order valence-electron chi connectivity index (χ4n) is 4.95. The molecular weight excluding hydrogens is 472 g/mol. The van der Waals surface area contributed by atoms with Gasteiger partial charge in [0, 0.05) is 5.75 Å². The highest BCUT2D eigenvalue weighted by Crippen LogP contribution is 2.40. The molecule has 0 heterocycles. The average Bonchev–Trinajstić information content (AvgIpc) is 2.96. The third-order valence-corrected chi connectivity index (χ3v) is 8.18. The van der Waals surface area contributed by atoms with Gasteiger partial charge < -0.3 is 9.84 Å². The zero-order chi connectivity index (χ0) is 26.0. The van der Waals surface area contributed by atoms with Crippen LogP contribution in [0.1, 0.15) is 87.8 Å². The molecule has 37 heavy (non-hydrogen) atoms. The summed E-state index contributed by atoms with van der Waals surface area (Å²) >= 11 is 1.85. The first-order valence-electron chi connectivity index (χ1n) is 14.3. The molecule has 3 rings (SSSR count). The summed E-state index contributed by atoms with van der Waals surface area (Å²) in [5, 5.41) is 10.9. The first-order valence-corrected chi connectivity index (χ1v) is 15.5. The van der Waals surface area contributed by atoms with Crippen LogP contribution in [-0.2, 0) is 10.3 Å². The van der Waals surface area contributed by atoms with Gasteiger partial charge in [-0.1, -0.05) is 156 Å². The molecule has 0 bridgehead atoms. The van der Waals surface area contributed by atoms with Crippen LogP contribution in [0, 0.1) is 0 Å². The molecule has 0 aliphatic heterocycles. The van der Waals surface area contributed by atoms with Gasteiger partial charge in [-0.05, 0) is 28.9 Å². The van der Waals surface area contributed by atoms with Crippen LogP contribution in [0.5, 0.6) is 0 Å². The largest absolute Gasteiger partial charge is 0.390 e. The highest BCUT2D eigenvalue weighted by Gasteiger charge is 2.37. The van der Waals surface area contributed by atoms with Gasteiger partial charge in [-0.2, -0.15) is 11.8 Å². The zero-order valence-corrected chi connectivity index (χ0v) is 23.5. The second-order valence-electron chi connectivity index (χ2n) is 10.0. The van der Waals surface area contributed by atoms with E-state index < -0.39 is 11.7 Å². The number of rotatable bonds is 19. The van der Waals surface area contributed by atoms with Gasteiger partial charge in [0.25, 0.3) is 0 Å². The van der Waals surface area contributed by atoms with Crippen molar-refractivity contribution in [1.29, 1.82) is 0 Å². The predicted octanol–water partition coefficient (Wildman–Crippen LogP) is 9.01. The zero-order valence-electron chi connectivity index (χ0n) is 22.7. The summed E-state index contributed by atoms with van der Waals surface area (Å²) in [5.74, 6) is 1.81. The fraction of sp³-hybridized carbons (Fsp3) is 0.471. The van der Waals surface area contributed by atoms with E-state index in [0.29, 0.717) is 5.75 Å². The van der Waals surface area contributed by atoms with Gasteiger partial charge in [0.05, 0.1) is 12.7 Å². The van der Waals surface area contributed by atoms with E-state index in [1.54, 1.807) is 0 Å². The van der Waals surface area contributed by atoms with Crippen LogP contribution in [0.4, 0.5) is 0 Å². The van der Waals surface area contributed by atoms with Crippen LogP contribution in [0.2, 0.25) is 0 Å². The summed E-state index contributed by atoms with van der Waals surface area (Å²) in [7, 11) is 0. The first kappa shape index (κ1) is 29.5. The standard InChI is InChI=1S/C34H46O2S/c1-2-3-4-5-6-7-8-9-10-20-27-37-29-33(35)28-36-34(30-21-14-11-15-22-30,31-23-16-12-17-24-31)32-25-18-13-19-26-32/h11-19,21-26,33,35H,2-10,20,27-29H2,1H3. The quantitative estimate of drug-likeness (QED) is 0.127. The van der Waals surface area contributed by atoms with Crippen LogP contribution in [0.25, 0.3) is 0 Å². The minimum atomic E-state index is -0.772. The Kier molecular flexibility index (Phi) is 13.9. The molecule has 0 amide bonds. The highest BCUT2D eigenvalue weighted by molar-refractivity contribution is 7.99. The summed E-state index contributed by atoms with van der Waals surface area (Å²) in [6.07, 6.45) is 13.0. The SMILES string of the molecule is CCCCCCCCCCCCSCC(O)COC(c1ccccc1)(c1ccccc1)c1ccccc1. The maximum Gasteiger partial charge on any atom is 0.143 e. The molecule has 1 atom stereocenters. The molecule has 1 N–H and O–H groups in total. The van der Waals surface area contributed by atoms with Crippen molar-refractivity contribution in [3.8, 4) is 0 Å². The van der Waals surface area contributed by atoms with Gasteiger partial charge in [0.2, 0.25) is 0 Å². The molecule has 3 heteroatoms. The van der Waals surface area contributed by atoms with E-state index in [0.717, 1.165) is 22.4 Å². The second kappa shape index (κ2) is 17.4. The van der Waals surface area contributed by atoms with Crippen molar-refractivity contribution in [1.82, 2.24) is 0 Å². The summed E-state index contributed by atoms with van der Waals surface area (Å²) in [5.41, 5.74) is 2.43. The van der Waals surface area contributed by atoms with Crippen molar-refractivity contribution in [3.63, 3.8) is 0 Å². The minimum absolute atomic E-state index is 0.281. The number of ether oxygens (including phenoxy) is 1. The molecule has 200 valence electrons. The lowest BCUT2D eigenvalue weighted by molar-refractivity contribution is -0.0311. The molecule has 0 aliphatic rings. The summed E-state index contributed by atoms with van der Waals surface area (Å²) in [6.45, 7) is 2.56. The Morgan fingerprint density at radius 2 is 1.03 bits per heavy atom. The maximum atomic E-state index is 10.9. The van der Waals surface area contributed by atoms with Crippen LogP contribution >= 0.6 is 11.8 Å². The van der Waals surface area contributed by atoms with Crippen LogP contribution in [0.15, 0.2) is 91.0 Å². The molecule has 0 spiro atoms. The molecule has 3 aromatic rings. The second-order valence-corrected chi connectivity index (χ2v) is 11.2. The summed E-state index contributed by atoms with van der Waals surface area (Å²) in [4.78, 5) is 0. The van der Waals surface area contributed by atoms with Crippen LogP contribution in [-0.4, -0.2) is 29.3 Å². The number of aliphatic hydroxyl groups excluding tert-OH is 1. The topological polar surface area (TPSA) is 29.5 Å². The van der Waals surface area contributed by atoms with Crippen molar-refractivity contribution in [2.45, 2.75) is 82.8 Å². The van der Waals surface area contributed by atoms with Crippen molar-refractivity contribution in [2.24, 2.45) is 0 Å². The van der Waals surface area contributed by atoms with Crippen LogP contribution in [0.3, 0.4) is 0 Å². The Hall–Kier alpha value is -2.07. The van der Waals surface area contributed by atoms with Crippen molar-refractivity contribution in [3.05, 3.63) is 108 Å². The number of aliphatic hydroxyl groups is 1. The highest BCUT2D eigenvalue weighted by atomic mass is 32.2. The van der Waals surface area contributed by atoms with E-state index in [-0.39, 0.29) is 6.61 Å². The number of benzene rings is 3. The Morgan fingerprint density at radius 1 is 0.622 bits per heavy atom. The van der Waals surface area contributed by atoms with Gasteiger partial charge in [-0.25, -0.2) is 0 Å². The number of unbranched alkanes of at least 4 members (excludes halogenated alkanes) is 9. The van der Waals surface area contributed by atoms with Gasteiger partial charge in [-0.15, -0.1) is 0 Å². The molecule has 0 fully saturated rings. The third kappa shape index (κ3) is 9.63. The maximum absolute atomic E-state index is 10.9. The molecular formula is C34H46O2S. The number of hydrogen-bond donors (Lipinski definition) is 1. The summed E-state index contributed by atoms with van der Waals surface area (Å²) in [6, 6.07) is 31.1. The number of thioether (sulfide) groups is 1. The van der Waals surface area contributed by atoms with E-state index >= 15 is 0 Å². The van der Waals surface area contributed by atoms with Gasteiger partial charge >= 0.3 is 0 Å². The molecule has 1 unspecified atom stereocenters. The molecule has 0 aliphatic carbocycles. The molecule has 3 aromatic carbocycles. The summed E-state index contributed by atoms with van der Waals surface area (Å²) < 4.78 is 6.74. The van der Waals surface area contributed by atoms with E-state index in [1.165, 1.54) is 64.2 Å². The fourth-order valence-corrected chi connectivity index (χ4v) is 5.89. The monoisotopic (exact) mass is 518 g/mol. The van der Waals surface area contributed by atoms with Crippen molar-refractivity contribution < 1.29 is 9.84 Å². The van der Waals surface area contributed by atoms with Gasteiger partial charge in [0.1, 0.15) is 5.60 Å². The lowest BCUT2D eigenvalue weighted by Gasteiger charge is -2.36. The predicted molar refractivity (Wildman–Crippen MR) is 160 cm³/mol. The van der Waals surface area contributed by atoms with Crippen molar-refractivity contribution in [2.75, 3.05) is 18.1 Å².